The minimum atomic E-state index is -0.188. The van der Waals surface area contributed by atoms with Crippen LogP contribution in [0.4, 0.5) is 5.69 Å². The molecule has 0 spiro atoms. The molecule has 2 amide bonds. The lowest BCUT2D eigenvalue weighted by Crippen LogP contribution is -2.44. The summed E-state index contributed by atoms with van der Waals surface area (Å²) in [6.07, 6.45) is 4.33. The Morgan fingerprint density at radius 3 is 2.43 bits per heavy atom. The van der Waals surface area contributed by atoms with Gasteiger partial charge >= 0.3 is 0 Å². The van der Waals surface area contributed by atoms with Crippen LogP contribution in [0, 0.1) is 12.8 Å². The van der Waals surface area contributed by atoms with Crippen LogP contribution in [-0.4, -0.2) is 24.4 Å². The summed E-state index contributed by atoms with van der Waals surface area (Å²) in [6.45, 7) is 2.51. The van der Waals surface area contributed by atoms with Gasteiger partial charge in [-0.1, -0.05) is 37.1 Å². The molecular formula is C22H28ClN3O2. The lowest BCUT2D eigenvalue weighted by molar-refractivity contribution is 0.0907. The van der Waals surface area contributed by atoms with Crippen molar-refractivity contribution < 1.29 is 9.59 Å². The van der Waals surface area contributed by atoms with Crippen molar-refractivity contribution in [3.63, 3.8) is 0 Å². The molecular weight excluding hydrogens is 374 g/mol. The average Bonchev–Trinajstić information content (AvgIpc) is 2.70. The van der Waals surface area contributed by atoms with Crippen molar-refractivity contribution in [2.45, 2.75) is 38.6 Å². The molecule has 1 aliphatic rings. The lowest BCUT2D eigenvalue weighted by Gasteiger charge is -2.31. The van der Waals surface area contributed by atoms with Crippen molar-refractivity contribution in [3.05, 3.63) is 65.2 Å². The van der Waals surface area contributed by atoms with Crippen molar-refractivity contribution in [2.24, 2.45) is 11.7 Å². The number of nitrogens with two attached hydrogens (primary N) is 1. The van der Waals surface area contributed by atoms with E-state index < -0.39 is 0 Å². The molecule has 2 aromatic carbocycles. The number of nitrogens with one attached hydrogen (secondary N) is 2. The van der Waals surface area contributed by atoms with Crippen LogP contribution in [0.3, 0.4) is 0 Å². The van der Waals surface area contributed by atoms with Gasteiger partial charge in [0, 0.05) is 22.9 Å². The molecule has 6 heteroatoms. The van der Waals surface area contributed by atoms with Gasteiger partial charge in [-0.15, -0.1) is 12.4 Å². The maximum atomic E-state index is 12.7. The van der Waals surface area contributed by atoms with Crippen molar-refractivity contribution in [1.29, 1.82) is 0 Å². The Morgan fingerprint density at radius 2 is 1.71 bits per heavy atom. The molecule has 0 bridgehead atoms. The second-order valence-corrected chi connectivity index (χ2v) is 7.21. The van der Waals surface area contributed by atoms with Crippen LogP contribution in [0.25, 0.3) is 0 Å². The molecule has 4 N–H and O–H groups in total. The van der Waals surface area contributed by atoms with Crippen LogP contribution in [0.5, 0.6) is 0 Å². The predicted octanol–water partition coefficient (Wildman–Crippen LogP) is 3.92. The first-order chi connectivity index (χ1) is 13.1. The highest BCUT2D eigenvalue weighted by Crippen LogP contribution is 2.24. The second kappa shape index (κ2) is 10.2. The van der Waals surface area contributed by atoms with Crippen LogP contribution >= 0.6 is 12.4 Å². The van der Waals surface area contributed by atoms with E-state index >= 15 is 0 Å². The van der Waals surface area contributed by atoms with Gasteiger partial charge in [-0.25, -0.2) is 0 Å². The third-order valence-electron chi connectivity index (χ3n) is 5.31. The molecule has 1 saturated carbocycles. The van der Waals surface area contributed by atoms with Crippen LogP contribution in [0.15, 0.2) is 48.5 Å². The third-order valence-corrected chi connectivity index (χ3v) is 5.31. The van der Waals surface area contributed by atoms with E-state index in [1.54, 1.807) is 24.3 Å². The quantitative estimate of drug-likeness (QED) is 0.709. The smallest absolute Gasteiger partial charge is 0.255 e. The highest BCUT2D eigenvalue weighted by molar-refractivity contribution is 6.05. The van der Waals surface area contributed by atoms with Crippen molar-refractivity contribution >= 4 is 29.9 Å². The van der Waals surface area contributed by atoms with Crippen LogP contribution in [0.2, 0.25) is 0 Å². The van der Waals surface area contributed by atoms with E-state index in [2.05, 4.69) is 10.6 Å². The van der Waals surface area contributed by atoms with Gasteiger partial charge in [0.15, 0.2) is 0 Å². The summed E-state index contributed by atoms with van der Waals surface area (Å²) in [5, 5.41) is 6.04. The van der Waals surface area contributed by atoms with Crippen molar-refractivity contribution in [1.82, 2.24) is 5.32 Å². The largest absolute Gasteiger partial charge is 0.349 e. The van der Waals surface area contributed by atoms with Gasteiger partial charge in [-0.3, -0.25) is 9.59 Å². The van der Waals surface area contributed by atoms with E-state index in [-0.39, 0.29) is 30.3 Å². The molecule has 0 aromatic heterocycles. The molecule has 3 rings (SSSR count). The zero-order valence-electron chi connectivity index (χ0n) is 16.1. The molecule has 0 heterocycles. The van der Waals surface area contributed by atoms with Gasteiger partial charge in [-0.05, 0) is 62.1 Å². The number of anilines is 1. The standard InChI is InChI=1S/C22H27N3O2.ClH/c1-15-11-12-17(22(27)24-19-10-6-5-9-18(19)14-23)13-20(15)25-21(26)16-7-3-2-4-8-16;/h2-4,7-8,11-13,18-19H,5-6,9-10,14,23H2,1H3,(H,24,27)(H,25,26);1H. The minimum absolute atomic E-state index is 0. The van der Waals surface area contributed by atoms with E-state index in [0.29, 0.717) is 29.3 Å². The highest BCUT2D eigenvalue weighted by Gasteiger charge is 2.25. The Hall–Kier alpha value is -2.37. The Labute approximate surface area is 172 Å². The molecule has 0 aliphatic heterocycles. The fourth-order valence-corrected chi connectivity index (χ4v) is 3.61. The molecule has 2 unspecified atom stereocenters. The molecule has 2 atom stereocenters. The molecule has 28 heavy (non-hydrogen) atoms. The fraction of sp³-hybridized carbons (Fsp3) is 0.364. The maximum absolute atomic E-state index is 12.7. The van der Waals surface area contributed by atoms with Crippen LogP contribution in [-0.2, 0) is 0 Å². The average molecular weight is 402 g/mol. The second-order valence-electron chi connectivity index (χ2n) is 7.21. The normalized spacial score (nSPS) is 18.6. The minimum Gasteiger partial charge on any atom is -0.349 e. The van der Waals surface area contributed by atoms with E-state index in [9.17, 15) is 9.59 Å². The SMILES string of the molecule is Cc1ccc(C(=O)NC2CCCCC2CN)cc1NC(=O)c1ccccc1.Cl. The number of amides is 2. The summed E-state index contributed by atoms with van der Waals surface area (Å²) in [5.41, 5.74) is 8.55. The number of rotatable bonds is 5. The molecule has 1 fully saturated rings. The first-order valence-corrected chi connectivity index (χ1v) is 9.56. The highest BCUT2D eigenvalue weighted by atomic mass is 35.5. The monoisotopic (exact) mass is 401 g/mol. The van der Waals surface area contributed by atoms with Gasteiger partial charge in [0.05, 0.1) is 0 Å². The number of benzene rings is 2. The van der Waals surface area contributed by atoms with E-state index in [1.807, 2.05) is 31.2 Å². The number of carbonyl (C=O) groups excluding carboxylic acids is 2. The molecule has 1 aliphatic carbocycles. The fourth-order valence-electron chi connectivity index (χ4n) is 3.61. The lowest BCUT2D eigenvalue weighted by atomic mass is 9.84. The number of halogens is 1. The summed E-state index contributed by atoms with van der Waals surface area (Å²) in [4.78, 5) is 25.1. The van der Waals surface area contributed by atoms with Crippen LogP contribution < -0.4 is 16.4 Å². The van der Waals surface area contributed by atoms with E-state index in [1.165, 1.54) is 6.42 Å². The number of hydrogen-bond acceptors (Lipinski definition) is 3. The maximum Gasteiger partial charge on any atom is 0.255 e. The van der Waals surface area contributed by atoms with Gasteiger partial charge in [0.25, 0.3) is 11.8 Å². The van der Waals surface area contributed by atoms with Crippen molar-refractivity contribution in [3.8, 4) is 0 Å². The summed E-state index contributed by atoms with van der Waals surface area (Å²) in [5.74, 6) is 0.0349. The zero-order valence-corrected chi connectivity index (χ0v) is 16.9. The van der Waals surface area contributed by atoms with Gasteiger partial charge < -0.3 is 16.4 Å². The van der Waals surface area contributed by atoms with E-state index in [4.69, 9.17) is 5.73 Å². The topological polar surface area (TPSA) is 84.2 Å². The third kappa shape index (κ3) is 5.33. The molecule has 150 valence electrons. The van der Waals surface area contributed by atoms with Crippen LogP contribution in [0.1, 0.15) is 52.0 Å². The van der Waals surface area contributed by atoms with Gasteiger partial charge in [0.2, 0.25) is 0 Å². The summed E-state index contributed by atoms with van der Waals surface area (Å²) < 4.78 is 0. The Balaban J connectivity index is 0.00000280. The Bertz CT molecular complexity index is 811. The van der Waals surface area contributed by atoms with Gasteiger partial charge in [-0.2, -0.15) is 0 Å². The van der Waals surface area contributed by atoms with Crippen molar-refractivity contribution in [2.75, 3.05) is 11.9 Å². The molecule has 0 saturated heterocycles. The first kappa shape index (κ1) is 21.9. The number of hydrogen-bond donors (Lipinski definition) is 3. The summed E-state index contributed by atoms with van der Waals surface area (Å²) >= 11 is 0. The summed E-state index contributed by atoms with van der Waals surface area (Å²) in [7, 11) is 0. The molecule has 2 aromatic rings. The molecule has 0 radical (unpaired) electrons. The number of carbonyl (C=O) groups is 2. The van der Waals surface area contributed by atoms with E-state index in [0.717, 1.165) is 24.8 Å². The first-order valence-electron chi connectivity index (χ1n) is 9.56. The van der Waals surface area contributed by atoms with Gasteiger partial charge in [0.1, 0.15) is 0 Å². The summed E-state index contributed by atoms with van der Waals surface area (Å²) in [6, 6.07) is 14.6. The molecule has 5 nitrogen and oxygen atoms in total. The number of aryl methyl sites for hydroxylation is 1. The Kier molecular flexibility index (Phi) is 8.03. The predicted molar refractivity (Wildman–Crippen MR) is 115 cm³/mol. The Morgan fingerprint density at radius 1 is 1.00 bits per heavy atom. The zero-order chi connectivity index (χ0) is 19.2.